The van der Waals surface area contributed by atoms with Crippen LogP contribution < -0.4 is 0 Å². The van der Waals surface area contributed by atoms with Crippen molar-refractivity contribution in [2.24, 2.45) is 11.8 Å². The molecule has 0 N–H and O–H groups in total. The van der Waals surface area contributed by atoms with Crippen LogP contribution >= 0.6 is 11.3 Å². The van der Waals surface area contributed by atoms with Crippen molar-refractivity contribution < 1.29 is 28.2 Å². The highest BCUT2D eigenvalue weighted by Crippen LogP contribution is 2.53. The number of nitrogens with zero attached hydrogens (tertiary/aromatic N) is 4. The first-order valence-electron chi connectivity index (χ1n) is 14.7. The van der Waals surface area contributed by atoms with Gasteiger partial charge in [0.15, 0.2) is 8.32 Å². The van der Waals surface area contributed by atoms with Gasteiger partial charge in [0, 0.05) is 49.9 Å². The number of methoxy groups -OCH3 is 2. The van der Waals surface area contributed by atoms with Crippen molar-refractivity contribution in [3.8, 4) is 0 Å². The average molecular weight is 639 g/mol. The Hall–Kier alpha value is -3.16. The largest absolute Gasteiger partial charge is 0.457 e. The highest BCUT2D eigenvalue weighted by molar-refractivity contribution is 7.18. The molecule has 3 aromatic rings. The van der Waals surface area contributed by atoms with Gasteiger partial charge in [-0.2, -0.15) is 0 Å². The van der Waals surface area contributed by atoms with Gasteiger partial charge in [-0.1, -0.05) is 46.4 Å². The Labute approximate surface area is 263 Å². The van der Waals surface area contributed by atoms with Gasteiger partial charge in [-0.15, -0.1) is 11.3 Å². The summed E-state index contributed by atoms with van der Waals surface area (Å²) in [7, 11) is 0.987. The van der Waals surface area contributed by atoms with Gasteiger partial charge >= 0.3 is 5.97 Å². The normalized spacial score (nSPS) is 21.4. The van der Waals surface area contributed by atoms with Crippen LogP contribution in [-0.4, -0.2) is 72.4 Å². The Balaban J connectivity index is 1.58. The fourth-order valence-corrected chi connectivity index (χ4v) is 8.83. The third-order valence-electron chi connectivity index (χ3n) is 9.38. The van der Waals surface area contributed by atoms with Crippen molar-refractivity contribution in [2.45, 2.75) is 70.7 Å². The molecule has 0 radical (unpaired) electrons. The molecule has 2 aliphatic heterocycles. The van der Waals surface area contributed by atoms with Gasteiger partial charge < -0.3 is 23.5 Å². The van der Waals surface area contributed by atoms with E-state index in [2.05, 4.69) is 57.3 Å². The third kappa shape index (κ3) is 4.96. The van der Waals surface area contributed by atoms with Crippen molar-refractivity contribution >= 4 is 41.9 Å². The maximum Gasteiger partial charge on any atom is 0.355 e. The zero-order valence-electron chi connectivity index (χ0n) is 26.9. The number of ether oxygens (including phenoxy) is 3. The van der Waals surface area contributed by atoms with Gasteiger partial charge in [0.05, 0.1) is 22.9 Å². The first kappa shape index (κ1) is 32.2. The molecule has 1 saturated heterocycles. The summed E-state index contributed by atoms with van der Waals surface area (Å²) in [4.78, 5) is 39.5. The summed E-state index contributed by atoms with van der Waals surface area (Å²) in [5.41, 5.74) is 2.29. The molecule has 12 heteroatoms. The molecule has 2 aliphatic rings. The van der Waals surface area contributed by atoms with Crippen molar-refractivity contribution in [1.82, 2.24) is 19.3 Å². The second-order valence-corrected chi connectivity index (χ2v) is 18.7. The number of aromatic nitrogens is 3. The molecule has 1 unspecified atom stereocenters. The van der Waals surface area contributed by atoms with E-state index >= 15 is 0 Å². The van der Waals surface area contributed by atoms with E-state index in [1.807, 2.05) is 29.7 Å². The van der Waals surface area contributed by atoms with E-state index in [4.69, 9.17) is 18.6 Å². The second kappa shape index (κ2) is 11.6. The van der Waals surface area contributed by atoms with E-state index in [1.54, 1.807) is 37.8 Å². The van der Waals surface area contributed by atoms with Gasteiger partial charge in [0.1, 0.15) is 29.2 Å². The number of fused-ring (bicyclic) bond motifs is 2. The first-order chi connectivity index (χ1) is 20.7. The molecule has 236 valence electrons. The number of hydrogen-bond donors (Lipinski definition) is 0. The van der Waals surface area contributed by atoms with Crippen LogP contribution in [0.3, 0.4) is 0 Å². The van der Waals surface area contributed by atoms with Gasteiger partial charge in [-0.05, 0) is 31.1 Å². The molecular weight excluding hydrogens is 597 g/mol. The average Bonchev–Trinajstić information content (AvgIpc) is 3.63. The Morgan fingerprint density at radius 1 is 1.25 bits per heavy atom. The highest BCUT2D eigenvalue weighted by atomic mass is 32.1. The molecule has 5 rings (SSSR count). The molecule has 0 aromatic carbocycles. The summed E-state index contributed by atoms with van der Waals surface area (Å²) >= 11 is 1.46. The standard InChI is InChI=1S/C32H42N4O6SSi/c1-11-15-41-30(38)26-23(19(2)25-24(28(37)36(25)26)20(3)42-44(9,10)31(4,5)6)22-17-35-18-34-27(29(35)43-22)32(39-7,40-8)21-13-12-14-33-16-21/h11-14,16-20,24-25H,1,15H2,2-10H3/t19-,20?,24+,25+/m0/s1. The van der Waals surface area contributed by atoms with Crippen LogP contribution in [0.25, 0.3) is 10.4 Å². The van der Waals surface area contributed by atoms with Crippen LogP contribution in [0, 0.1) is 11.8 Å². The van der Waals surface area contributed by atoms with Crippen molar-refractivity contribution in [2.75, 3.05) is 20.8 Å². The first-order valence-corrected chi connectivity index (χ1v) is 18.5. The van der Waals surface area contributed by atoms with Crippen molar-refractivity contribution in [3.63, 3.8) is 0 Å². The Bertz CT molecular complexity index is 1600. The summed E-state index contributed by atoms with van der Waals surface area (Å²) in [6.07, 6.45) is 8.22. The van der Waals surface area contributed by atoms with Crippen LogP contribution in [0.15, 0.2) is 55.4 Å². The zero-order chi connectivity index (χ0) is 32.2. The number of carbonyl (C=O) groups excluding carboxylic acids is 2. The Morgan fingerprint density at radius 2 is 1.95 bits per heavy atom. The minimum absolute atomic E-state index is 0.00193. The maximum absolute atomic E-state index is 13.8. The Kier molecular flexibility index (Phi) is 8.53. The highest BCUT2D eigenvalue weighted by Gasteiger charge is 2.61. The number of hydrogen-bond acceptors (Lipinski definition) is 9. The molecule has 0 saturated carbocycles. The second-order valence-electron chi connectivity index (χ2n) is 12.9. The number of rotatable bonds is 11. The van der Waals surface area contributed by atoms with E-state index in [-0.39, 0.29) is 47.2 Å². The SMILES string of the molecule is C=CCOC(=O)C1=C(c2cn3cnc(C(OC)(OC)c4cccnc4)c3s2)[C@H](C)[C@@H]2[C@@H](C(C)O[Si](C)(C)C(C)(C)C)C(=O)N12. The number of imidazole rings is 1. The van der Waals surface area contributed by atoms with E-state index in [0.29, 0.717) is 11.3 Å². The van der Waals surface area contributed by atoms with Crippen molar-refractivity contribution in [1.29, 1.82) is 0 Å². The summed E-state index contributed by atoms with van der Waals surface area (Å²) in [5.74, 6) is -2.49. The number of β-lactam (4-membered cyclic amide) rings is 1. The molecule has 0 bridgehead atoms. The van der Waals surface area contributed by atoms with Crippen LogP contribution in [-0.2, 0) is 34.0 Å². The number of carbonyl (C=O) groups is 2. The van der Waals surface area contributed by atoms with Crippen LogP contribution in [0.2, 0.25) is 18.1 Å². The number of esters is 1. The molecule has 4 atom stereocenters. The molecular formula is C32H42N4O6SSi. The molecule has 1 fully saturated rings. The fraction of sp³-hybridized carbons (Fsp3) is 0.500. The molecule has 0 spiro atoms. The fourth-order valence-electron chi connectivity index (χ4n) is 6.14. The summed E-state index contributed by atoms with van der Waals surface area (Å²) < 4.78 is 26.0. The molecule has 10 nitrogen and oxygen atoms in total. The van der Waals surface area contributed by atoms with Gasteiger partial charge in [-0.3, -0.25) is 14.2 Å². The number of pyridine rings is 1. The van der Waals surface area contributed by atoms with E-state index in [1.165, 1.54) is 17.4 Å². The van der Waals surface area contributed by atoms with E-state index < -0.39 is 20.1 Å². The predicted octanol–water partition coefficient (Wildman–Crippen LogP) is 5.61. The minimum Gasteiger partial charge on any atom is -0.457 e. The molecule has 5 heterocycles. The van der Waals surface area contributed by atoms with Crippen LogP contribution in [0.5, 0.6) is 0 Å². The smallest absolute Gasteiger partial charge is 0.355 e. The molecule has 44 heavy (non-hydrogen) atoms. The lowest BCUT2D eigenvalue weighted by atomic mass is 9.77. The summed E-state index contributed by atoms with van der Waals surface area (Å²) in [5, 5.41) is -0.00193. The maximum atomic E-state index is 13.8. The Morgan fingerprint density at radius 3 is 2.55 bits per heavy atom. The van der Waals surface area contributed by atoms with Gasteiger partial charge in [-0.25, -0.2) is 9.78 Å². The molecule has 1 amide bonds. The zero-order valence-corrected chi connectivity index (χ0v) is 28.7. The van der Waals surface area contributed by atoms with Crippen LogP contribution in [0.1, 0.15) is 50.8 Å². The van der Waals surface area contributed by atoms with E-state index in [9.17, 15) is 9.59 Å². The van der Waals surface area contributed by atoms with Gasteiger partial charge in [0.2, 0.25) is 11.7 Å². The van der Waals surface area contributed by atoms with Gasteiger partial charge in [0.25, 0.3) is 0 Å². The van der Waals surface area contributed by atoms with E-state index in [0.717, 1.165) is 15.3 Å². The lowest BCUT2D eigenvalue weighted by Crippen LogP contribution is -2.65. The molecule has 3 aromatic heterocycles. The van der Waals surface area contributed by atoms with Crippen molar-refractivity contribution in [3.05, 3.63) is 71.5 Å². The summed E-state index contributed by atoms with van der Waals surface area (Å²) in [6, 6.07) is 3.46. The predicted molar refractivity (Wildman–Crippen MR) is 171 cm³/mol. The number of amides is 1. The summed E-state index contributed by atoms with van der Waals surface area (Å²) in [6.45, 7) is 18.7. The molecule has 0 aliphatic carbocycles. The number of thiazole rings is 1. The van der Waals surface area contributed by atoms with Crippen LogP contribution in [0.4, 0.5) is 0 Å². The lowest BCUT2D eigenvalue weighted by molar-refractivity contribution is -0.185. The third-order valence-corrected chi connectivity index (χ3v) is 15.1. The lowest BCUT2D eigenvalue weighted by Gasteiger charge is -2.50. The monoisotopic (exact) mass is 638 g/mol. The quantitative estimate of drug-likeness (QED) is 0.0878. The topological polar surface area (TPSA) is 104 Å². The minimum atomic E-state index is -2.14.